The molecule has 0 aliphatic carbocycles. The smallest absolute Gasteiger partial charge is 0.311 e. The number of rotatable bonds is 3. The van der Waals surface area contributed by atoms with E-state index in [-0.39, 0.29) is 16.9 Å². The summed E-state index contributed by atoms with van der Waals surface area (Å²) in [5, 5.41) is 0.201. The molecule has 1 atom stereocenters. The fourth-order valence-corrected chi connectivity index (χ4v) is 4.85. The molecular weight excluding hydrogens is 426 g/mol. The first kappa shape index (κ1) is 22.3. The Labute approximate surface area is 190 Å². The molecule has 1 aliphatic rings. The number of thioether (sulfide) groups is 1. The van der Waals surface area contributed by atoms with Crippen LogP contribution in [0.2, 0.25) is 0 Å². The van der Waals surface area contributed by atoms with Gasteiger partial charge in [0.1, 0.15) is 16.2 Å². The van der Waals surface area contributed by atoms with Crippen LogP contribution in [0.5, 0.6) is 0 Å². The fraction of sp³-hybridized carbons (Fsp3) is 0.435. The average Bonchev–Trinajstić information content (AvgIpc) is 3.18. The predicted octanol–water partition coefficient (Wildman–Crippen LogP) is 2.39. The first-order chi connectivity index (χ1) is 15.0. The summed E-state index contributed by atoms with van der Waals surface area (Å²) in [7, 11) is 3.03. The minimum absolute atomic E-state index is 0.0364. The molecule has 2 aromatic heterocycles. The Bertz CT molecular complexity index is 1350. The summed E-state index contributed by atoms with van der Waals surface area (Å²) in [5.41, 5.74) is 1.07. The lowest BCUT2D eigenvalue weighted by molar-refractivity contribution is -0.117. The maximum absolute atomic E-state index is 13.3. The number of hydrogen-bond donors (Lipinski definition) is 0. The third kappa shape index (κ3) is 3.64. The summed E-state index contributed by atoms with van der Waals surface area (Å²) < 4.78 is 2.41. The standard InChI is InChI=1S/C23H27N5O3S/c1-13(19(29)28-12-11-14-9-7-8-10-15(14)28)32-18-16-17(24-21(25-18)23(2,3)4)26(5)22(31)27(6)20(16)30/h7-10,13H,11-12H2,1-6H3. The van der Waals surface area contributed by atoms with E-state index in [1.807, 2.05) is 52.0 Å². The first-order valence-corrected chi connectivity index (χ1v) is 11.4. The predicted molar refractivity (Wildman–Crippen MR) is 127 cm³/mol. The molecule has 1 amide bonds. The van der Waals surface area contributed by atoms with E-state index in [0.29, 0.717) is 17.4 Å². The maximum atomic E-state index is 13.3. The molecule has 8 nitrogen and oxygen atoms in total. The molecule has 1 unspecified atom stereocenters. The van der Waals surface area contributed by atoms with Gasteiger partial charge in [-0.15, -0.1) is 0 Å². The molecule has 0 N–H and O–H groups in total. The van der Waals surface area contributed by atoms with Crippen molar-refractivity contribution >= 4 is 34.4 Å². The van der Waals surface area contributed by atoms with E-state index in [0.717, 1.165) is 22.2 Å². The van der Waals surface area contributed by atoms with Crippen molar-refractivity contribution in [3.63, 3.8) is 0 Å². The van der Waals surface area contributed by atoms with Gasteiger partial charge in [-0.05, 0) is 25.0 Å². The number of aromatic nitrogens is 4. The van der Waals surface area contributed by atoms with Crippen LogP contribution in [0.3, 0.4) is 0 Å². The van der Waals surface area contributed by atoms with Crippen molar-refractivity contribution in [2.45, 2.75) is 49.8 Å². The molecule has 32 heavy (non-hydrogen) atoms. The van der Waals surface area contributed by atoms with Crippen molar-refractivity contribution in [3.8, 4) is 0 Å². The van der Waals surface area contributed by atoms with Gasteiger partial charge in [-0.25, -0.2) is 14.8 Å². The summed E-state index contributed by atoms with van der Waals surface area (Å²) in [6, 6.07) is 7.91. The van der Waals surface area contributed by atoms with E-state index in [1.165, 1.54) is 23.4 Å². The highest BCUT2D eigenvalue weighted by Crippen LogP contribution is 2.33. The largest absolute Gasteiger partial charge is 0.332 e. The lowest BCUT2D eigenvalue weighted by Gasteiger charge is -2.23. The van der Waals surface area contributed by atoms with Gasteiger partial charge >= 0.3 is 5.69 Å². The summed E-state index contributed by atoms with van der Waals surface area (Å²) >= 11 is 1.24. The lowest BCUT2D eigenvalue weighted by Crippen LogP contribution is -2.38. The number of aryl methyl sites for hydroxylation is 1. The molecular formula is C23H27N5O3S. The number of anilines is 1. The van der Waals surface area contributed by atoms with Crippen LogP contribution in [0, 0.1) is 0 Å². The monoisotopic (exact) mass is 453 g/mol. The topological polar surface area (TPSA) is 90.1 Å². The van der Waals surface area contributed by atoms with Crippen molar-refractivity contribution in [1.29, 1.82) is 0 Å². The fourth-order valence-electron chi connectivity index (χ4n) is 3.85. The molecule has 0 saturated carbocycles. The maximum Gasteiger partial charge on any atom is 0.332 e. The number of amides is 1. The molecule has 0 saturated heterocycles. The molecule has 1 aromatic carbocycles. The number of nitrogens with zero attached hydrogens (tertiary/aromatic N) is 5. The van der Waals surface area contributed by atoms with Crippen molar-refractivity contribution in [3.05, 3.63) is 56.5 Å². The number of carbonyl (C=O) groups excluding carboxylic acids is 1. The van der Waals surface area contributed by atoms with E-state index in [4.69, 9.17) is 4.98 Å². The highest BCUT2D eigenvalue weighted by atomic mass is 32.2. The molecule has 1 aliphatic heterocycles. The van der Waals surface area contributed by atoms with Crippen molar-refractivity contribution < 1.29 is 4.79 Å². The van der Waals surface area contributed by atoms with Crippen LogP contribution in [-0.2, 0) is 30.7 Å². The van der Waals surface area contributed by atoms with E-state index in [1.54, 1.807) is 11.9 Å². The Kier molecular flexibility index (Phi) is 5.48. The number of fused-ring (bicyclic) bond motifs is 2. The zero-order chi connectivity index (χ0) is 23.4. The van der Waals surface area contributed by atoms with Crippen LogP contribution in [0.1, 0.15) is 39.1 Å². The molecule has 0 fully saturated rings. The van der Waals surface area contributed by atoms with E-state index in [9.17, 15) is 14.4 Å². The van der Waals surface area contributed by atoms with Crippen molar-refractivity contribution in [1.82, 2.24) is 19.1 Å². The van der Waals surface area contributed by atoms with E-state index >= 15 is 0 Å². The Hall–Kier alpha value is -2.94. The van der Waals surface area contributed by atoms with Gasteiger partial charge in [-0.1, -0.05) is 50.7 Å². The van der Waals surface area contributed by atoms with Crippen LogP contribution in [0.15, 0.2) is 38.9 Å². The third-order valence-electron chi connectivity index (χ3n) is 5.73. The van der Waals surface area contributed by atoms with Gasteiger partial charge in [0.25, 0.3) is 5.56 Å². The normalized spacial score (nSPS) is 14.6. The second kappa shape index (κ2) is 7.88. The summed E-state index contributed by atoms with van der Waals surface area (Å²) in [6.45, 7) is 8.37. The summed E-state index contributed by atoms with van der Waals surface area (Å²) in [6.07, 6.45) is 0.826. The van der Waals surface area contributed by atoms with Crippen LogP contribution < -0.4 is 16.1 Å². The van der Waals surface area contributed by atoms with Gasteiger partial charge in [-0.3, -0.25) is 18.7 Å². The second-order valence-electron chi connectivity index (χ2n) is 9.14. The van der Waals surface area contributed by atoms with Crippen LogP contribution in [-0.4, -0.2) is 36.8 Å². The van der Waals surface area contributed by atoms with E-state index < -0.39 is 21.9 Å². The van der Waals surface area contributed by atoms with Crippen molar-refractivity contribution in [2.24, 2.45) is 14.1 Å². The highest BCUT2D eigenvalue weighted by molar-refractivity contribution is 8.00. The average molecular weight is 454 g/mol. The molecule has 0 radical (unpaired) electrons. The molecule has 9 heteroatoms. The molecule has 0 spiro atoms. The Morgan fingerprint density at radius 2 is 1.78 bits per heavy atom. The Morgan fingerprint density at radius 3 is 2.47 bits per heavy atom. The van der Waals surface area contributed by atoms with Gasteiger partial charge in [0.05, 0.1) is 5.25 Å². The van der Waals surface area contributed by atoms with Gasteiger partial charge < -0.3 is 4.90 Å². The molecule has 0 bridgehead atoms. The number of carbonyl (C=O) groups is 1. The van der Waals surface area contributed by atoms with Crippen LogP contribution in [0.25, 0.3) is 11.0 Å². The minimum Gasteiger partial charge on any atom is -0.311 e. The van der Waals surface area contributed by atoms with Crippen LogP contribution in [0.4, 0.5) is 5.69 Å². The third-order valence-corrected chi connectivity index (χ3v) is 6.80. The first-order valence-electron chi connectivity index (χ1n) is 10.5. The second-order valence-corrected chi connectivity index (χ2v) is 10.5. The zero-order valence-corrected chi connectivity index (χ0v) is 20.0. The lowest BCUT2D eigenvalue weighted by atomic mass is 9.96. The summed E-state index contributed by atoms with van der Waals surface area (Å²) in [5.74, 6) is 0.479. The number of benzene rings is 1. The molecule has 3 heterocycles. The zero-order valence-electron chi connectivity index (χ0n) is 19.2. The Morgan fingerprint density at radius 1 is 1.09 bits per heavy atom. The SMILES string of the molecule is CC(Sc1nc(C(C)(C)C)nc2c1c(=O)n(C)c(=O)n2C)C(=O)N1CCc2ccccc21. The van der Waals surface area contributed by atoms with Crippen molar-refractivity contribution in [2.75, 3.05) is 11.4 Å². The van der Waals surface area contributed by atoms with E-state index in [2.05, 4.69) is 4.98 Å². The van der Waals surface area contributed by atoms with Gasteiger partial charge in [0.15, 0.2) is 5.65 Å². The molecule has 3 aromatic rings. The van der Waals surface area contributed by atoms with Gasteiger partial charge in [0, 0.05) is 31.7 Å². The van der Waals surface area contributed by atoms with Crippen LogP contribution >= 0.6 is 11.8 Å². The molecule has 4 rings (SSSR count). The summed E-state index contributed by atoms with van der Waals surface area (Å²) in [4.78, 5) is 49.9. The van der Waals surface area contributed by atoms with Gasteiger partial charge in [-0.2, -0.15) is 0 Å². The Balaban J connectivity index is 1.81. The highest BCUT2D eigenvalue weighted by Gasteiger charge is 2.30. The number of hydrogen-bond acceptors (Lipinski definition) is 6. The molecule has 168 valence electrons. The quantitative estimate of drug-likeness (QED) is 0.447. The number of para-hydroxylation sites is 1. The van der Waals surface area contributed by atoms with Gasteiger partial charge in [0.2, 0.25) is 5.91 Å². The minimum atomic E-state index is -0.478.